The van der Waals surface area contributed by atoms with Gasteiger partial charge < -0.3 is 15.7 Å². The van der Waals surface area contributed by atoms with Crippen molar-refractivity contribution in [2.45, 2.75) is 39.2 Å². The molecule has 2 amide bonds. The summed E-state index contributed by atoms with van der Waals surface area (Å²) >= 11 is 0. The molecule has 0 radical (unpaired) electrons. The third kappa shape index (κ3) is 4.62. The molecule has 1 atom stereocenters. The minimum atomic E-state index is -1.03. The van der Waals surface area contributed by atoms with Gasteiger partial charge in [-0.05, 0) is 30.0 Å². The summed E-state index contributed by atoms with van der Waals surface area (Å²) in [4.78, 5) is 22.5. The van der Waals surface area contributed by atoms with Gasteiger partial charge in [-0.15, -0.1) is 0 Å². The average Bonchev–Trinajstić information content (AvgIpc) is 2.35. The van der Waals surface area contributed by atoms with Gasteiger partial charge in [0.15, 0.2) is 0 Å². The summed E-state index contributed by atoms with van der Waals surface area (Å²) in [6, 6.07) is 6.13. The van der Waals surface area contributed by atoms with E-state index in [9.17, 15) is 9.59 Å². The lowest BCUT2D eigenvalue weighted by Crippen LogP contribution is -2.42. The number of benzene rings is 1. The Hall–Kier alpha value is -2.04. The fraction of sp³-hybridized carbons (Fsp3) is 0.429. The smallest absolute Gasteiger partial charge is 0.326 e. The molecule has 5 nitrogen and oxygen atoms in total. The minimum absolute atomic E-state index is 0.342. The number of carboxylic acid groups (broad SMARTS) is 1. The van der Waals surface area contributed by atoms with E-state index in [-0.39, 0.29) is 0 Å². The van der Waals surface area contributed by atoms with E-state index in [1.165, 1.54) is 0 Å². The molecule has 104 valence electrons. The Morgan fingerprint density at radius 2 is 2.00 bits per heavy atom. The van der Waals surface area contributed by atoms with Crippen molar-refractivity contribution in [1.29, 1.82) is 0 Å². The zero-order chi connectivity index (χ0) is 14.4. The maximum atomic E-state index is 11.7. The highest BCUT2D eigenvalue weighted by Crippen LogP contribution is 2.18. The van der Waals surface area contributed by atoms with Gasteiger partial charge in [-0.25, -0.2) is 9.59 Å². The molecule has 0 aromatic heterocycles. The van der Waals surface area contributed by atoms with Crippen molar-refractivity contribution < 1.29 is 14.7 Å². The third-order valence-corrected chi connectivity index (χ3v) is 2.82. The lowest BCUT2D eigenvalue weighted by molar-refractivity contribution is -0.139. The second-order valence-electron chi connectivity index (χ2n) is 4.68. The van der Waals surface area contributed by atoms with Crippen LogP contribution in [0.25, 0.3) is 0 Å². The quantitative estimate of drug-likeness (QED) is 0.765. The summed E-state index contributed by atoms with van der Waals surface area (Å²) < 4.78 is 0. The molecule has 1 rings (SSSR count). The molecular weight excluding hydrogens is 244 g/mol. The van der Waals surface area contributed by atoms with Gasteiger partial charge in [-0.3, -0.25) is 0 Å². The predicted molar refractivity (Wildman–Crippen MR) is 74.4 cm³/mol. The summed E-state index contributed by atoms with van der Waals surface area (Å²) in [6.07, 6.45) is 0.342. The summed E-state index contributed by atoms with van der Waals surface area (Å²) in [6.45, 7) is 5.84. The van der Waals surface area contributed by atoms with Gasteiger partial charge in [0.1, 0.15) is 6.04 Å². The fourth-order valence-corrected chi connectivity index (χ4v) is 1.64. The van der Waals surface area contributed by atoms with E-state index in [0.29, 0.717) is 18.0 Å². The molecule has 19 heavy (non-hydrogen) atoms. The lowest BCUT2D eigenvalue weighted by atomic mass is 10.0. The number of hydrogen-bond donors (Lipinski definition) is 3. The third-order valence-electron chi connectivity index (χ3n) is 2.82. The maximum Gasteiger partial charge on any atom is 0.326 e. The van der Waals surface area contributed by atoms with Gasteiger partial charge in [0, 0.05) is 5.69 Å². The number of carbonyl (C=O) groups is 2. The number of nitrogens with one attached hydrogen (secondary N) is 2. The highest BCUT2D eigenvalue weighted by atomic mass is 16.4. The Labute approximate surface area is 113 Å². The molecule has 0 unspecified atom stereocenters. The predicted octanol–water partition coefficient (Wildman–Crippen LogP) is 2.79. The van der Waals surface area contributed by atoms with Crippen LogP contribution in [0.1, 0.15) is 38.7 Å². The molecule has 0 aliphatic heterocycles. The Morgan fingerprint density at radius 1 is 1.32 bits per heavy atom. The van der Waals surface area contributed by atoms with Gasteiger partial charge in [0.25, 0.3) is 0 Å². The van der Waals surface area contributed by atoms with Crippen LogP contribution in [0.3, 0.4) is 0 Å². The van der Waals surface area contributed by atoms with Crippen molar-refractivity contribution in [3.63, 3.8) is 0 Å². The highest BCUT2D eigenvalue weighted by Gasteiger charge is 2.17. The van der Waals surface area contributed by atoms with Gasteiger partial charge >= 0.3 is 12.0 Å². The number of urea groups is 1. The SMILES string of the molecule is CC[C@H](NC(=O)Nc1cccc(C(C)C)c1)C(=O)O. The Kier molecular flexibility index (Phi) is 5.36. The van der Waals surface area contributed by atoms with Crippen LogP contribution >= 0.6 is 0 Å². The second-order valence-corrected chi connectivity index (χ2v) is 4.68. The van der Waals surface area contributed by atoms with Crippen molar-refractivity contribution >= 4 is 17.7 Å². The molecule has 0 spiro atoms. The van der Waals surface area contributed by atoms with Gasteiger partial charge in [-0.1, -0.05) is 32.9 Å². The van der Waals surface area contributed by atoms with Crippen molar-refractivity contribution in [2.24, 2.45) is 0 Å². The summed E-state index contributed by atoms with van der Waals surface area (Å²) in [5.41, 5.74) is 1.77. The maximum absolute atomic E-state index is 11.7. The largest absolute Gasteiger partial charge is 0.480 e. The zero-order valence-electron chi connectivity index (χ0n) is 11.4. The first-order valence-electron chi connectivity index (χ1n) is 6.34. The topological polar surface area (TPSA) is 78.4 Å². The fourth-order valence-electron chi connectivity index (χ4n) is 1.64. The van der Waals surface area contributed by atoms with Crippen LogP contribution in [0.4, 0.5) is 10.5 Å². The van der Waals surface area contributed by atoms with Crippen molar-refractivity contribution in [2.75, 3.05) is 5.32 Å². The van der Waals surface area contributed by atoms with E-state index in [1.807, 2.05) is 18.2 Å². The number of hydrogen-bond acceptors (Lipinski definition) is 2. The summed E-state index contributed by atoms with van der Waals surface area (Å²) in [5, 5.41) is 13.9. The van der Waals surface area contributed by atoms with Gasteiger partial charge in [0.2, 0.25) is 0 Å². The molecule has 0 fully saturated rings. The normalized spacial score (nSPS) is 12.0. The number of aliphatic carboxylic acids is 1. The first-order valence-corrected chi connectivity index (χ1v) is 6.34. The van der Waals surface area contributed by atoms with E-state index in [0.717, 1.165) is 5.56 Å². The van der Waals surface area contributed by atoms with Crippen LogP contribution in [0.5, 0.6) is 0 Å². The molecule has 1 aromatic rings. The average molecular weight is 264 g/mol. The molecule has 0 heterocycles. The van der Waals surface area contributed by atoms with E-state index >= 15 is 0 Å². The number of anilines is 1. The van der Waals surface area contributed by atoms with E-state index < -0.39 is 18.0 Å². The number of carboxylic acids is 1. The van der Waals surface area contributed by atoms with Crippen LogP contribution in [-0.2, 0) is 4.79 Å². The van der Waals surface area contributed by atoms with Crippen LogP contribution < -0.4 is 10.6 Å². The van der Waals surface area contributed by atoms with E-state index in [2.05, 4.69) is 24.5 Å². The monoisotopic (exact) mass is 264 g/mol. The first kappa shape index (κ1) is 15.0. The van der Waals surface area contributed by atoms with Gasteiger partial charge in [0.05, 0.1) is 0 Å². The number of rotatable bonds is 5. The molecule has 3 N–H and O–H groups in total. The number of amides is 2. The summed E-state index contributed by atoms with van der Waals surface area (Å²) in [7, 11) is 0. The second kappa shape index (κ2) is 6.78. The van der Waals surface area contributed by atoms with E-state index in [1.54, 1.807) is 13.0 Å². The standard InChI is InChI=1S/C14H20N2O3/c1-4-12(13(17)18)16-14(19)15-11-7-5-6-10(8-11)9(2)3/h5-9,12H,4H2,1-3H3,(H,17,18)(H2,15,16,19)/t12-/m0/s1. The zero-order valence-corrected chi connectivity index (χ0v) is 11.4. The molecule has 0 aliphatic carbocycles. The lowest BCUT2D eigenvalue weighted by Gasteiger charge is -2.14. The molecule has 0 saturated heterocycles. The number of carbonyl (C=O) groups excluding carboxylic acids is 1. The molecule has 0 aliphatic rings. The van der Waals surface area contributed by atoms with Crippen LogP contribution in [0.2, 0.25) is 0 Å². The molecule has 0 saturated carbocycles. The Morgan fingerprint density at radius 3 is 2.53 bits per heavy atom. The Balaban J connectivity index is 2.66. The van der Waals surface area contributed by atoms with Crippen molar-refractivity contribution in [3.8, 4) is 0 Å². The van der Waals surface area contributed by atoms with Crippen LogP contribution in [0, 0.1) is 0 Å². The first-order chi connectivity index (χ1) is 8.93. The van der Waals surface area contributed by atoms with Crippen LogP contribution in [0.15, 0.2) is 24.3 Å². The van der Waals surface area contributed by atoms with Gasteiger partial charge in [-0.2, -0.15) is 0 Å². The van der Waals surface area contributed by atoms with Crippen molar-refractivity contribution in [3.05, 3.63) is 29.8 Å². The molecule has 5 heteroatoms. The van der Waals surface area contributed by atoms with E-state index in [4.69, 9.17) is 5.11 Å². The molecular formula is C14H20N2O3. The van der Waals surface area contributed by atoms with Crippen molar-refractivity contribution in [1.82, 2.24) is 5.32 Å². The minimum Gasteiger partial charge on any atom is -0.480 e. The summed E-state index contributed by atoms with van der Waals surface area (Å²) in [5.74, 6) is -0.666. The highest BCUT2D eigenvalue weighted by molar-refractivity contribution is 5.92. The van der Waals surface area contributed by atoms with Crippen LogP contribution in [-0.4, -0.2) is 23.1 Å². The molecule has 1 aromatic carbocycles. The molecule has 0 bridgehead atoms. The Bertz CT molecular complexity index is 458.